The Bertz CT molecular complexity index is 1860. The van der Waals surface area contributed by atoms with Crippen LogP contribution >= 0.6 is 11.3 Å². The lowest BCUT2D eigenvalue weighted by Gasteiger charge is -2.18. The molecule has 1 aromatic carbocycles. The van der Waals surface area contributed by atoms with Crippen LogP contribution in [0.5, 0.6) is 11.5 Å². The van der Waals surface area contributed by atoms with E-state index in [1.165, 1.54) is 19.3 Å². The van der Waals surface area contributed by atoms with Crippen LogP contribution in [0.4, 0.5) is 18.9 Å². The van der Waals surface area contributed by atoms with Gasteiger partial charge in [-0.2, -0.15) is 13.2 Å². The molecule has 5 rings (SSSR count). The first-order valence-corrected chi connectivity index (χ1v) is 15.4. The van der Waals surface area contributed by atoms with Crippen molar-refractivity contribution in [1.82, 2.24) is 15.3 Å². The third-order valence-electron chi connectivity index (χ3n) is 6.04. The number of sulfone groups is 1. The minimum absolute atomic E-state index is 0.0949. The van der Waals surface area contributed by atoms with Crippen molar-refractivity contribution in [1.29, 1.82) is 0 Å². The van der Waals surface area contributed by atoms with E-state index >= 15 is 0 Å². The summed E-state index contributed by atoms with van der Waals surface area (Å²) in [7, 11) is -7.05. The molecule has 0 radical (unpaired) electrons. The zero-order valence-electron chi connectivity index (χ0n) is 20.9. The van der Waals surface area contributed by atoms with E-state index in [2.05, 4.69) is 15.3 Å². The molecular weight excluding hydrogens is 605 g/mol. The molecular formula is C25H19F3N4O6S3. The Hall–Kier alpha value is -4.02. The molecule has 16 heteroatoms. The number of rotatable bonds is 7. The van der Waals surface area contributed by atoms with Gasteiger partial charge in [-0.1, -0.05) is 0 Å². The average molecular weight is 625 g/mol. The summed E-state index contributed by atoms with van der Waals surface area (Å²) in [5.74, 6) is 0.381. The Morgan fingerprint density at radius 3 is 2.39 bits per heavy atom. The summed E-state index contributed by atoms with van der Waals surface area (Å²) in [6.45, 7) is 0.0949. The van der Waals surface area contributed by atoms with Crippen molar-refractivity contribution in [3.05, 3.63) is 83.8 Å². The van der Waals surface area contributed by atoms with Gasteiger partial charge in [-0.25, -0.2) is 21.8 Å². The van der Waals surface area contributed by atoms with Crippen LogP contribution in [0.15, 0.2) is 80.4 Å². The van der Waals surface area contributed by atoms with Gasteiger partial charge in [-0.3, -0.25) is 14.1 Å². The number of sulfonamides is 1. The first-order chi connectivity index (χ1) is 19.3. The summed E-state index contributed by atoms with van der Waals surface area (Å²) in [6, 6.07) is 11.4. The highest BCUT2D eigenvalue weighted by atomic mass is 32.3. The predicted octanol–water partition coefficient (Wildman–Crippen LogP) is 4.29. The number of hydrogen-bond donors (Lipinski definition) is 1. The van der Waals surface area contributed by atoms with Gasteiger partial charge in [-0.15, -0.1) is 11.3 Å². The summed E-state index contributed by atoms with van der Waals surface area (Å²) in [5.41, 5.74) is 0.113. The highest BCUT2D eigenvalue weighted by molar-refractivity contribution is 7.96. The Morgan fingerprint density at radius 2 is 1.71 bits per heavy atom. The van der Waals surface area contributed by atoms with Gasteiger partial charge in [0.25, 0.3) is 15.9 Å². The van der Waals surface area contributed by atoms with Crippen LogP contribution in [-0.4, -0.2) is 46.3 Å². The molecule has 0 fully saturated rings. The number of nitrogens with zero attached hydrogens (tertiary/aromatic N) is 3. The molecule has 10 nitrogen and oxygen atoms in total. The smallest absolute Gasteiger partial charge is 0.417 e. The summed E-state index contributed by atoms with van der Waals surface area (Å²) in [5, 5.41) is 1.84. The van der Waals surface area contributed by atoms with E-state index in [1.54, 1.807) is 24.3 Å². The highest BCUT2D eigenvalue weighted by Gasteiger charge is 2.35. The second-order valence-electron chi connectivity index (χ2n) is 8.64. The maximum atomic E-state index is 13.5. The average Bonchev–Trinajstić information content (AvgIpc) is 3.61. The lowest BCUT2D eigenvalue weighted by Crippen LogP contribution is -2.28. The van der Waals surface area contributed by atoms with Crippen LogP contribution in [-0.2, 0) is 32.5 Å². The van der Waals surface area contributed by atoms with Crippen LogP contribution in [0, 0.1) is 0 Å². The third kappa shape index (κ3) is 5.49. The summed E-state index contributed by atoms with van der Waals surface area (Å²) in [4.78, 5) is 19.2. The number of benzene rings is 1. The van der Waals surface area contributed by atoms with Gasteiger partial charge >= 0.3 is 6.18 Å². The number of alkyl halides is 3. The molecule has 0 saturated heterocycles. The van der Waals surface area contributed by atoms with Gasteiger partial charge in [0, 0.05) is 32.1 Å². The number of aromatic nitrogens is 2. The van der Waals surface area contributed by atoms with Gasteiger partial charge in [-0.05, 0) is 60.5 Å². The van der Waals surface area contributed by atoms with Crippen molar-refractivity contribution in [2.75, 3.05) is 17.9 Å². The van der Waals surface area contributed by atoms with Gasteiger partial charge in [0.1, 0.15) is 25.6 Å². The summed E-state index contributed by atoms with van der Waals surface area (Å²) < 4.78 is 97.6. The summed E-state index contributed by atoms with van der Waals surface area (Å²) >= 11 is 0.480. The number of carbonyl (C=O) groups excluding carboxylic acids is 1. The van der Waals surface area contributed by atoms with Gasteiger partial charge in [0.2, 0.25) is 9.84 Å². The number of thiophene rings is 1. The van der Waals surface area contributed by atoms with Crippen LogP contribution in [0.1, 0.15) is 21.6 Å². The topological polar surface area (TPSA) is 136 Å². The molecule has 0 atom stereocenters. The zero-order chi connectivity index (χ0) is 29.6. The largest absolute Gasteiger partial charge is 0.457 e. The molecule has 1 amide bonds. The quantitative estimate of drug-likeness (QED) is 0.322. The predicted molar refractivity (Wildman–Crippen MR) is 141 cm³/mol. The normalized spacial score (nSPS) is 13.6. The standard InChI is InChI=1S/C25H19F3N4O6S3/c1-29-24(33)19-13-18(8-10-30-19)38-17-3-4-20-15(12-17)9-11-32(20)41(36,37)23-7-6-22(39-23)40(34,35)21-5-2-16(14-31-21)25(26,27)28/h2-8,10,12-14H,9,11H2,1H3,(H,29,33). The van der Waals surface area contributed by atoms with Crippen LogP contribution in [0.3, 0.4) is 0 Å². The Labute approximate surface area is 236 Å². The number of ether oxygens (including phenoxy) is 1. The second-order valence-corrected chi connectivity index (χ2v) is 13.9. The first kappa shape index (κ1) is 28.5. The highest BCUT2D eigenvalue weighted by Crippen LogP contribution is 2.39. The van der Waals surface area contributed by atoms with E-state index in [0.717, 1.165) is 22.5 Å². The Balaban J connectivity index is 1.37. The van der Waals surface area contributed by atoms with E-state index in [-0.39, 0.29) is 26.6 Å². The van der Waals surface area contributed by atoms with Crippen molar-refractivity contribution >= 4 is 42.8 Å². The minimum Gasteiger partial charge on any atom is -0.457 e. The molecule has 0 unspecified atom stereocenters. The monoisotopic (exact) mass is 624 g/mol. The lowest BCUT2D eigenvalue weighted by molar-refractivity contribution is -0.137. The van der Waals surface area contributed by atoms with E-state index in [1.807, 2.05) is 0 Å². The summed E-state index contributed by atoms with van der Waals surface area (Å²) in [6.07, 6.45) is -2.50. The molecule has 4 aromatic rings. The van der Waals surface area contributed by atoms with Crippen LogP contribution in [0.2, 0.25) is 0 Å². The molecule has 214 valence electrons. The molecule has 41 heavy (non-hydrogen) atoms. The number of anilines is 1. The van der Waals surface area contributed by atoms with Crippen LogP contribution < -0.4 is 14.4 Å². The number of hydrogen-bond acceptors (Lipinski definition) is 9. The SMILES string of the molecule is CNC(=O)c1cc(Oc2ccc3c(c2)CCN3S(=O)(=O)c2ccc(S(=O)(=O)c3ccc(C(F)(F)F)cn3)s2)ccn1. The second kappa shape index (κ2) is 10.4. The van der Waals surface area contributed by atoms with Crippen LogP contribution in [0.25, 0.3) is 0 Å². The molecule has 0 bridgehead atoms. The van der Waals surface area contributed by atoms with Gasteiger partial charge in [0.15, 0.2) is 5.03 Å². The fraction of sp³-hybridized carbons (Fsp3) is 0.160. The van der Waals surface area contributed by atoms with Gasteiger partial charge < -0.3 is 10.1 Å². The van der Waals surface area contributed by atoms with Crippen molar-refractivity contribution in [3.63, 3.8) is 0 Å². The molecule has 0 aliphatic carbocycles. The molecule has 1 N–H and O–H groups in total. The molecule has 3 aromatic heterocycles. The third-order valence-corrected chi connectivity index (χ3v) is 11.6. The van der Waals surface area contributed by atoms with Crippen molar-refractivity contribution in [3.8, 4) is 11.5 Å². The van der Waals surface area contributed by atoms with E-state index in [0.29, 0.717) is 52.8 Å². The lowest BCUT2D eigenvalue weighted by atomic mass is 10.1. The number of halogens is 3. The van der Waals surface area contributed by atoms with E-state index < -0.39 is 36.6 Å². The van der Waals surface area contributed by atoms with Crippen molar-refractivity contribution in [2.24, 2.45) is 0 Å². The minimum atomic E-state index is -4.69. The number of carbonyl (C=O) groups is 1. The fourth-order valence-electron chi connectivity index (χ4n) is 4.03. The Morgan fingerprint density at radius 1 is 0.976 bits per heavy atom. The molecule has 0 spiro atoms. The van der Waals surface area contributed by atoms with E-state index in [9.17, 15) is 34.8 Å². The van der Waals surface area contributed by atoms with Crippen molar-refractivity contribution in [2.45, 2.75) is 26.0 Å². The maximum absolute atomic E-state index is 13.5. The number of amides is 1. The Kier molecular flexibility index (Phi) is 7.25. The fourth-order valence-corrected chi connectivity index (χ4v) is 8.70. The number of nitrogens with one attached hydrogen (secondary N) is 1. The zero-order valence-corrected chi connectivity index (χ0v) is 23.4. The van der Waals surface area contributed by atoms with Gasteiger partial charge in [0.05, 0.1) is 11.3 Å². The first-order valence-electron chi connectivity index (χ1n) is 11.7. The molecule has 4 heterocycles. The van der Waals surface area contributed by atoms with Crippen molar-refractivity contribution < 1.29 is 39.5 Å². The number of fused-ring (bicyclic) bond motifs is 1. The van der Waals surface area contributed by atoms with E-state index in [4.69, 9.17) is 4.74 Å². The maximum Gasteiger partial charge on any atom is 0.417 e. The number of pyridine rings is 2. The molecule has 1 aliphatic rings. The molecule has 0 saturated carbocycles. The molecule has 1 aliphatic heterocycles.